The van der Waals surface area contributed by atoms with E-state index in [1.165, 1.54) is 6.92 Å². The third kappa shape index (κ3) is 8.60. The van der Waals surface area contributed by atoms with Crippen molar-refractivity contribution >= 4 is 11.9 Å². The topological polar surface area (TPSA) is 61.8 Å². The van der Waals surface area contributed by atoms with Crippen LogP contribution in [-0.2, 0) is 19.0 Å². The highest BCUT2D eigenvalue weighted by atomic mass is 16.5. The van der Waals surface area contributed by atoms with Crippen LogP contribution in [0.4, 0.5) is 0 Å². The average molecular weight is 423 g/mol. The molecule has 0 N–H and O–H groups in total. The molecule has 0 fully saturated rings. The lowest BCUT2D eigenvalue weighted by Gasteiger charge is -2.24. The zero-order valence-electron chi connectivity index (χ0n) is 18.4. The van der Waals surface area contributed by atoms with Crippen LogP contribution in [0.2, 0.25) is 0 Å². The van der Waals surface area contributed by atoms with E-state index in [0.29, 0.717) is 24.2 Å². The highest BCUT2D eigenvalue weighted by Crippen LogP contribution is 2.25. The highest BCUT2D eigenvalue weighted by Gasteiger charge is 2.20. The summed E-state index contributed by atoms with van der Waals surface area (Å²) in [7, 11) is 0. The lowest BCUT2D eigenvalue weighted by atomic mass is 10.0. The Morgan fingerprint density at radius 3 is 2.19 bits per heavy atom. The van der Waals surface area contributed by atoms with E-state index in [9.17, 15) is 9.59 Å². The Morgan fingerprint density at radius 2 is 1.61 bits per heavy atom. The van der Waals surface area contributed by atoms with Crippen molar-refractivity contribution in [2.24, 2.45) is 0 Å². The van der Waals surface area contributed by atoms with E-state index in [2.05, 4.69) is 6.58 Å². The van der Waals surface area contributed by atoms with Crippen molar-refractivity contribution in [1.29, 1.82) is 0 Å². The molecule has 0 aliphatic carbocycles. The van der Waals surface area contributed by atoms with E-state index in [4.69, 9.17) is 14.2 Å². The monoisotopic (exact) mass is 422 g/mol. The van der Waals surface area contributed by atoms with Gasteiger partial charge in [-0.2, -0.15) is 0 Å². The average Bonchev–Trinajstić information content (AvgIpc) is 2.78. The van der Waals surface area contributed by atoms with Crippen LogP contribution in [0.25, 0.3) is 0 Å². The zero-order chi connectivity index (χ0) is 22.6. The smallest absolute Gasteiger partial charge is 0.343 e. The molecule has 0 unspecified atom stereocenters. The standard InChI is InChI=1S/C26H30O5/c1-5-24(31-26(28)23-14-10-7-11-15-23)17-25(16-19(2)18-29-21(4)27)30-20(3)22-12-8-6-9-13-22/h5-15,20,25H,2,16-18H2,1,3-4H3/b24-5-/t20-,25-/m1/s1. The minimum Gasteiger partial charge on any atom is -0.461 e. The predicted molar refractivity (Wildman–Crippen MR) is 120 cm³/mol. The van der Waals surface area contributed by atoms with E-state index in [0.717, 1.165) is 11.1 Å². The first-order valence-electron chi connectivity index (χ1n) is 10.3. The summed E-state index contributed by atoms with van der Waals surface area (Å²) in [4.78, 5) is 23.6. The number of carbonyl (C=O) groups is 2. The van der Waals surface area contributed by atoms with Crippen LogP contribution in [0.1, 0.15) is 55.6 Å². The second kappa shape index (κ2) is 12.5. The van der Waals surface area contributed by atoms with Gasteiger partial charge in [0.25, 0.3) is 0 Å². The van der Waals surface area contributed by atoms with Gasteiger partial charge in [-0.25, -0.2) is 4.79 Å². The molecular formula is C26H30O5. The maximum atomic E-state index is 12.5. The van der Waals surface area contributed by atoms with Crippen LogP contribution in [0.3, 0.4) is 0 Å². The van der Waals surface area contributed by atoms with E-state index in [-0.39, 0.29) is 24.8 Å². The lowest BCUT2D eigenvalue weighted by Crippen LogP contribution is -2.20. The van der Waals surface area contributed by atoms with Crippen molar-refractivity contribution < 1.29 is 23.8 Å². The molecule has 164 valence electrons. The largest absolute Gasteiger partial charge is 0.461 e. The maximum Gasteiger partial charge on any atom is 0.343 e. The molecular weight excluding hydrogens is 392 g/mol. The molecule has 0 aromatic heterocycles. The summed E-state index contributed by atoms with van der Waals surface area (Å²) in [6, 6.07) is 18.7. The summed E-state index contributed by atoms with van der Waals surface area (Å²) in [5.74, 6) is -0.260. The number of ether oxygens (including phenoxy) is 3. The molecule has 2 rings (SSSR count). The summed E-state index contributed by atoms with van der Waals surface area (Å²) >= 11 is 0. The third-order valence-electron chi connectivity index (χ3n) is 4.65. The molecule has 0 saturated heterocycles. The van der Waals surface area contributed by atoms with E-state index < -0.39 is 5.97 Å². The molecule has 0 heterocycles. The van der Waals surface area contributed by atoms with Gasteiger partial charge in [-0.15, -0.1) is 0 Å². The van der Waals surface area contributed by atoms with Gasteiger partial charge in [0.2, 0.25) is 0 Å². The Labute approximate surface area is 184 Å². The normalized spacial score (nSPS) is 13.2. The van der Waals surface area contributed by atoms with Gasteiger partial charge < -0.3 is 14.2 Å². The molecule has 0 aliphatic heterocycles. The van der Waals surface area contributed by atoms with E-state index >= 15 is 0 Å². The zero-order valence-corrected chi connectivity index (χ0v) is 18.4. The van der Waals surface area contributed by atoms with Crippen LogP contribution in [0.15, 0.2) is 84.7 Å². The van der Waals surface area contributed by atoms with Crippen LogP contribution >= 0.6 is 0 Å². The molecule has 5 heteroatoms. The first kappa shape index (κ1) is 24.1. The molecule has 2 aromatic rings. The van der Waals surface area contributed by atoms with Crippen LogP contribution in [0.5, 0.6) is 0 Å². The maximum absolute atomic E-state index is 12.5. The SMILES string of the molecule is C=C(COC(C)=O)C[C@H](C/C(=C/C)OC(=O)c1ccccc1)O[C@H](C)c1ccccc1. The number of hydrogen-bond donors (Lipinski definition) is 0. The molecule has 0 spiro atoms. The second-order valence-corrected chi connectivity index (χ2v) is 7.26. The number of allylic oxidation sites excluding steroid dienone is 1. The third-order valence-corrected chi connectivity index (χ3v) is 4.65. The van der Waals surface area contributed by atoms with Crippen molar-refractivity contribution in [3.8, 4) is 0 Å². The molecule has 31 heavy (non-hydrogen) atoms. The summed E-state index contributed by atoms with van der Waals surface area (Å²) in [5.41, 5.74) is 2.25. The first-order valence-corrected chi connectivity index (χ1v) is 10.3. The fraction of sp³-hybridized carbons (Fsp3) is 0.308. The van der Waals surface area contributed by atoms with Gasteiger partial charge in [-0.05, 0) is 49.6 Å². The lowest BCUT2D eigenvalue weighted by molar-refractivity contribution is -0.140. The quantitative estimate of drug-likeness (QED) is 0.260. The Hall–Kier alpha value is -3.18. The minimum atomic E-state index is -0.415. The summed E-state index contributed by atoms with van der Waals surface area (Å²) in [5, 5.41) is 0. The number of benzene rings is 2. The van der Waals surface area contributed by atoms with Gasteiger partial charge >= 0.3 is 11.9 Å². The van der Waals surface area contributed by atoms with Gasteiger partial charge in [0.15, 0.2) is 0 Å². The molecule has 5 nitrogen and oxygen atoms in total. The van der Waals surface area contributed by atoms with Crippen molar-refractivity contribution in [1.82, 2.24) is 0 Å². The Bertz CT molecular complexity index is 887. The number of rotatable bonds is 11. The van der Waals surface area contributed by atoms with Crippen LogP contribution in [-0.4, -0.2) is 24.6 Å². The summed E-state index contributed by atoms with van der Waals surface area (Å²) in [6.07, 6.45) is 2.12. The van der Waals surface area contributed by atoms with Crippen LogP contribution in [0, 0.1) is 0 Å². The Kier molecular flexibility index (Phi) is 9.72. The fourth-order valence-corrected chi connectivity index (χ4v) is 3.04. The molecule has 0 bridgehead atoms. The number of carbonyl (C=O) groups excluding carboxylic acids is 2. The van der Waals surface area contributed by atoms with E-state index in [1.807, 2.05) is 50.2 Å². The van der Waals surface area contributed by atoms with Gasteiger partial charge in [0, 0.05) is 13.3 Å². The minimum absolute atomic E-state index is 0.129. The Morgan fingerprint density at radius 1 is 1.00 bits per heavy atom. The Balaban J connectivity index is 2.08. The summed E-state index contributed by atoms with van der Waals surface area (Å²) < 4.78 is 17.0. The fourth-order valence-electron chi connectivity index (χ4n) is 3.04. The molecule has 2 atom stereocenters. The number of hydrogen-bond acceptors (Lipinski definition) is 5. The molecule has 0 aliphatic rings. The molecule has 0 radical (unpaired) electrons. The van der Waals surface area contributed by atoms with Crippen molar-refractivity contribution in [3.63, 3.8) is 0 Å². The predicted octanol–water partition coefficient (Wildman–Crippen LogP) is 5.79. The first-order chi connectivity index (χ1) is 14.9. The number of esters is 2. The van der Waals surface area contributed by atoms with Crippen molar-refractivity contribution in [2.75, 3.05) is 6.61 Å². The van der Waals surface area contributed by atoms with Gasteiger partial charge in [0.05, 0.1) is 17.8 Å². The molecule has 2 aromatic carbocycles. The van der Waals surface area contributed by atoms with Gasteiger partial charge in [-0.1, -0.05) is 55.1 Å². The molecule has 0 saturated carbocycles. The van der Waals surface area contributed by atoms with Gasteiger partial charge in [-0.3, -0.25) is 4.79 Å². The van der Waals surface area contributed by atoms with Gasteiger partial charge in [0.1, 0.15) is 12.4 Å². The van der Waals surface area contributed by atoms with Crippen LogP contribution < -0.4 is 0 Å². The van der Waals surface area contributed by atoms with Crippen molar-refractivity contribution in [2.45, 2.75) is 45.8 Å². The van der Waals surface area contributed by atoms with Crippen molar-refractivity contribution in [3.05, 3.63) is 95.8 Å². The second-order valence-electron chi connectivity index (χ2n) is 7.26. The van der Waals surface area contributed by atoms with E-state index in [1.54, 1.807) is 30.3 Å². The highest BCUT2D eigenvalue weighted by molar-refractivity contribution is 5.89. The molecule has 0 amide bonds. The summed E-state index contributed by atoms with van der Waals surface area (Å²) in [6.45, 7) is 9.29.